The Kier molecular flexibility index (Phi) is 4.92. The van der Waals surface area contributed by atoms with Crippen molar-refractivity contribution in [2.24, 2.45) is 0 Å². The van der Waals surface area contributed by atoms with E-state index in [4.69, 9.17) is 9.84 Å². The second kappa shape index (κ2) is 6.67. The first-order valence-corrected chi connectivity index (χ1v) is 7.13. The number of carboxylic acids is 1. The van der Waals surface area contributed by atoms with E-state index in [-0.39, 0.29) is 0 Å². The molecule has 1 heterocycles. The van der Waals surface area contributed by atoms with E-state index in [0.29, 0.717) is 17.2 Å². The van der Waals surface area contributed by atoms with E-state index in [2.05, 4.69) is 36.8 Å². The molecule has 0 atom stereocenters. The van der Waals surface area contributed by atoms with Crippen LogP contribution >= 0.6 is 31.9 Å². The third kappa shape index (κ3) is 4.18. The molecular weight excluding hydrogens is 390 g/mol. The number of pyridine rings is 1. The molecule has 6 heteroatoms. The molecule has 2 rings (SSSR count). The van der Waals surface area contributed by atoms with Crippen molar-refractivity contribution >= 4 is 43.9 Å². The molecular formula is C14H9Br2NO3. The highest BCUT2D eigenvalue weighted by molar-refractivity contribution is 9.11. The second-order valence-electron chi connectivity index (χ2n) is 3.78. The van der Waals surface area contributed by atoms with E-state index in [1.165, 1.54) is 6.08 Å². The average molecular weight is 399 g/mol. The van der Waals surface area contributed by atoms with Gasteiger partial charge in [0.1, 0.15) is 5.75 Å². The van der Waals surface area contributed by atoms with Gasteiger partial charge in [0.2, 0.25) is 5.88 Å². The van der Waals surface area contributed by atoms with E-state index in [0.717, 1.165) is 15.0 Å². The third-order valence-electron chi connectivity index (χ3n) is 2.29. The van der Waals surface area contributed by atoms with Gasteiger partial charge in [0.05, 0.1) is 4.47 Å². The van der Waals surface area contributed by atoms with Crippen molar-refractivity contribution in [1.29, 1.82) is 0 Å². The fourth-order valence-electron chi connectivity index (χ4n) is 1.39. The van der Waals surface area contributed by atoms with Crippen molar-refractivity contribution < 1.29 is 14.6 Å². The lowest BCUT2D eigenvalue weighted by Crippen LogP contribution is -1.90. The van der Waals surface area contributed by atoms with Gasteiger partial charge in [-0.3, -0.25) is 0 Å². The van der Waals surface area contributed by atoms with Gasteiger partial charge in [-0.1, -0.05) is 15.9 Å². The highest BCUT2D eigenvalue weighted by Crippen LogP contribution is 2.31. The molecule has 2 aromatic rings. The van der Waals surface area contributed by atoms with Crippen LogP contribution in [0.1, 0.15) is 5.56 Å². The van der Waals surface area contributed by atoms with Gasteiger partial charge in [-0.05, 0) is 51.8 Å². The summed E-state index contributed by atoms with van der Waals surface area (Å²) in [6, 6.07) is 8.96. The summed E-state index contributed by atoms with van der Waals surface area (Å²) in [7, 11) is 0. The van der Waals surface area contributed by atoms with Crippen LogP contribution in [0.5, 0.6) is 11.6 Å². The highest BCUT2D eigenvalue weighted by Gasteiger charge is 2.04. The number of aliphatic carboxylic acids is 1. The van der Waals surface area contributed by atoms with Crippen molar-refractivity contribution in [2.75, 3.05) is 0 Å². The van der Waals surface area contributed by atoms with Gasteiger partial charge in [0.25, 0.3) is 0 Å². The van der Waals surface area contributed by atoms with E-state index in [1.807, 2.05) is 18.2 Å². The predicted octanol–water partition coefficient (Wildman–Crippen LogP) is 4.50. The topological polar surface area (TPSA) is 59.4 Å². The first-order chi connectivity index (χ1) is 9.54. The normalized spacial score (nSPS) is 10.7. The van der Waals surface area contributed by atoms with Crippen LogP contribution in [0.3, 0.4) is 0 Å². The molecule has 0 spiro atoms. The Labute approximate surface area is 132 Å². The van der Waals surface area contributed by atoms with Gasteiger partial charge < -0.3 is 9.84 Å². The molecule has 1 aromatic heterocycles. The Morgan fingerprint density at radius 3 is 2.65 bits per heavy atom. The van der Waals surface area contributed by atoms with Gasteiger partial charge in [-0.2, -0.15) is 0 Å². The van der Waals surface area contributed by atoms with Gasteiger partial charge >= 0.3 is 5.97 Å². The monoisotopic (exact) mass is 397 g/mol. The minimum absolute atomic E-state index is 0.431. The number of hydrogen-bond donors (Lipinski definition) is 1. The number of rotatable bonds is 4. The van der Waals surface area contributed by atoms with Gasteiger partial charge in [-0.25, -0.2) is 9.78 Å². The minimum Gasteiger partial charge on any atom is -0.478 e. The molecule has 0 aliphatic carbocycles. The smallest absolute Gasteiger partial charge is 0.328 e. The maximum Gasteiger partial charge on any atom is 0.328 e. The molecule has 0 saturated carbocycles. The van der Waals surface area contributed by atoms with Crippen molar-refractivity contribution in [3.8, 4) is 11.6 Å². The van der Waals surface area contributed by atoms with Gasteiger partial charge in [0.15, 0.2) is 0 Å². The fourth-order valence-corrected chi connectivity index (χ4v) is 2.52. The zero-order chi connectivity index (χ0) is 14.5. The zero-order valence-electron chi connectivity index (χ0n) is 10.1. The van der Waals surface area contributed by atoms with E-state index >= 15 is 0 Å². The standard InChI is InChI=1S/C14H9Br2NO3/c15-10-3-4-12(11(16)7-10)20-13-5-1-9(8-17-13)2-6-14(18)19/h1-8H,(H,18,19)/b6-2+. The van der Waals surface area contributed by atoms with Gasteiger partial charge in [0, 0.05) is 22.8 Å². The number of ether oxygens (including phenoxy) is 1. The lowest BCUT2D eigenvalue weighted by atomic mass is 10.2. The van der Waals surface area contributed by atoms with Crippen LogP contribution in [0.2, 0.25) is 0 Å². The maximum atomic E-state index is 10.4. The summed E-state index contributed by atoms with van der Waals surface area (Å²) in [6.07, 6.45) is 4.07. The van der Waals surface area contributed by atoms with Crippen LogP contribution in [0.25, 0.3) is 6.08 Å². The summed E-state index contributed by atoms with van der Waals surface area (Å²) < 4.78 is 7.38. The number of nitrogens with zero attached hydrogens (tertiary/aromatic N) is 1. The van der Waals surface area contributed by atoms with Crippen LogP contribution < -0.4 is 4.74 Å². The predicted molar refractivity (Wildman–Crippen MR) is 82.8 cm³/mol. The summed E-state index contributed by atoms with van der Waals surface area (Å²) in [5, 5.41) is 8.54. The Morgan fingerprint density at radius 2 is 2.05 bits per heavy atom. The van der Waals surface area contributed by atoms with Crippen molar-refractivity contribution in [1.82, 2.24) is 4.98 Å². The first-order valence-electron chi connectivity index (χ1n) is 5.54. The first kappa shape index (κ1) is 14.7. The molecule has 0 fully saturated rings. The molecule has 4 nitrogen and oxygen atoms in total. The number of carboxylic acid groups (broad SMARTS) is 1. The number of aromatic nitrogens is 1. The molecule has 0 aliphatic heterocycles. The van der Waals surface area contributed by atoms with E-state index in [9.17, 15) is 4.79 Å². The molecule has 0 saturated heterocycles. The van der Waals surface area contributed by atoms with Crippen LogP contribution in [-0.4, -0.2) is 16.1 Å². The summed E-state index contributed by atoms with van der Waals surface area (Å²) in [5.41, 5.74) is 0.689. The van der Waals surface area contributed by atoms with Crippen molar-refractivity contribution in [2.45, 2.75) is 0 Å². The SMILES string of the molecule is O=C(O)/C=C/c1ccc(Oc2ccc(Br)cc2Br)nc1. The quantitative estimate of drug-likeness (QED) is 0.770. The van der Waals surface area contributed by atoms with Gasteiger partial charge in [-0.15, -0.1) is 0 Å². The molecule has 102 valence electrons. The second-order valence-corrected chi connectivity index (χ2v) is 5.55. The lowest BCUT2D eigenvalue weighted by Gasteiger charge is -2.07. The molecule has 1 aromatic carbocycles. The van der Waals surface area contributed by atoms with Crippen LogP contribution in [-0.2, 0) is 4.79 Å². The third-order valence-corrected chi connectivity index (χ3v) is 3.40. The highest BCUT2D eigenvalue weighted by atomic mass is 79.9. The lowest BCUT2D eigenvalue weighted by molar-refractivity contribution is -0.131. The average Bonchev–Trinajstić information content (AvgIpc) is 2.41. The molecule has 0 aliphatic rings. The van der Waals surface area contributed by atoms with Crippen LogP contribution in [0.4, 0.5) is 0 Å². The largest absolute Gasteiger partial charge is 0.478 e. The minimum atomic E-state index is -0.996. The Hall–Kier alpha value is -1.66. The fraction of sp³-hybridized carbons (Fsp3) is 0. The summed E-state index contributed by atoms with van der Waals surface area (Å²) in [4.78, 5) is 14.5. The van der Waals surface area contributed by atoms with Crippen LogP contribution in [0, 0.1) is 0 Å². The molecule has 20 heavy (non-hydrogen) atoms. The molecule has 0 radical (unpaired) electrons. The van der Waals surface area contributed by atoms with Crippen molar-refractivity contribution in [3.63, 3.8) is 0 Å². The zero-order valence-corrected chi connectivity index (χ0v) is 13.3. The van der Waals surface area contributed by atoms with Crippen molar-refractivity contribution in [3.05, 3.63) is 57.1 Å². The number of hydrogen-bond acceptors (Lipinski definition) is 3. The Morgan fingerprint density at radius 1 is 1.25 bits per heavy atom. The number of benzene rings is 1. The number of carbonyl (C=O) groups is 1. The summed E-state index contributed by atoms with van der Waals surface area (Å²) >= 11 is 6.76. The maximum absolute atomic E-state index is 10.4. The summed E-state index contributed by atoms with van der Waals surface area (Å²) in [5.74, 6) is 0.0825. The van der Waals surface area contributed by atoms with E-state index in [1.54, 1.807) is 18.3 Å². The molecule has 1 N–H and O–H groups in total. The summed E-state index contributed by atoms with van der Waals surface area (Å²) in [6.45, 7) is 0. The molecule has 0 unspecified atom stereocenters. The molecule has 0 bridgehead atoms. The Balaban J connectivity index is 2.12. The molecule has 0 amide bonds. The number of halogens is 2. The van der Waals surface area contributed by atoms with Crippen LogP contribution in [0.15, 0.2) is 51.6 Å². The Bertz CT molecular complexity index is 654. The van der Waals surface area contributed by atoms with E-state index < -0.39 is 5.97 Å².